The van der Waals surface area contributed by atoms with Crippen LogP contribution in [0.4, 0.5) is 11.8 Å². The standard InChI is InChI=1S/C23H29N5O4/c1-27(22(29)18-10-7-11-32-18)16-8-5-6-9-17(16)28(2)23-25-15-13-20(31-4)19(30-3)12-14(15)21(24)26-23/h7,10-13,16-17H,5-6,8-9H2,1-4H3,(H2,24,25,26)/t16-,17+/m0/s1. The fourth-order valence-electron chi connectivity index (χ4n) is 4.49. The van der Waals surface area contributed by atoms with E-state index >= 15 is 0 Å². The molecule has 0 bridgehead atoms. The van der Waals surface area contributed by atoms with E-state index in [9.17, 15) is 4.79 Å². The third-order valence-corrected chi connectivity index (χ3v) is 6.28. The molecule has 2 heterocycles. The fourth-order valence-corrected chi connectivity index (χ4v) is 4.49. The summed E-state index contributed by atoms with van der Waals surface area (Å²) >= 11 is 0. The molecular weight excluding hydrogens is 410 g/mol. The van der Waals surface area contributed by atoms with Gasteiger partial charge in [-0.05, 0) is 31.0 Å². The number of nitrogen functional groups attached to an aromatic ring is 1. The zero-order chi connectivity index (χ0) is 22.8. The molecule has 1 aromatic carbocycles. The summed E-state index contributed by atoms with van der Waals surface area (Å²) < 4.78 is 16.1. The van der Waals surface area contributed by atoms with Crippen LogP contribution in [-0.4, -0.2) is 61.2 Å². The van der Waals surface area contributed by atoms with E-state index in [-0.39, 0.29) is 18.0 Å². The Hall–Kier alpha value is -3.49. The molecule has 0 spiro atoms. The van der Waals surface area contributed by atoms with Gasteiger partial charge in [0.05, 0.1) is 38.1 Å². The number of furan rings is 1. The average Bonchev–Trinajstić information content (AvgIpc) is 3.36. The van der Waals surface area contributed by atoms with Crippen molar-refractivity contribution in [1.82, 2.24) is 14.9 Å². The van der Waals surface area contributed by atoms with Crippen molar-refractivity contribution in [3.05, 3.63) is 36.3 Å². The average molecular weight is 440 g/mol. The number of amides is 1. The number of methoxy groups -OCH3 is 2. The predicted molar refractivity (Wildman–Crippen MR) is 122 cm³/mol. The van der Waals surface area contributed by atoms with Crippen LogP contribution in [0.15, 0.2) is 34.9 Å². The first-order valence-electron chi connectivity index (χ1n) is 10.7. The molecule has 1 aliphatic rings. The van der Waals surface area contributed by atoms with Gasteiger partial charge in [-0.15, -0.1) is 0 Å². The first-order valence-corrected chi connectivity index (χ1v) is 10.7. The summed E-state index contributed by atoms with van der Waals surface area (Å²) in [5.74, 6) is 2.23. The van der Waals surface area contributed by atoms with E-state index in [2.05, 4.69) is 4.98 Å². The van der Waals surface area contributed by atoms with Crippen LogP contribution in [0.2, 0.25) is 0 Å². The molecule has 1 aliphatic carbocycles. The van der Waals surface area contributed by atoms with Crippen molar-refractivity contribution >= 4 is 28.6 Å². The monoisotopic (exact) mass is 439 g/mol. The number of rotatable bonds is 6. The summed E-state index contributed by atoms with van der Waals surface area (Å²) in [5.41, 5.74) is 6.97. The molecule has 0 unspecified atom stereocenters. The number of nitrogens with two attached hydrogens (primary N) is 1. The number of ether oxygens (including phenoxy) is 2. The summed E-state index contributed by atoms with van der Waals surface area (Å²) in [6.45, 7) is 0. The maximum Gasteiger partial charge on any atom is 0.289 e. The topological polar surface area (TPSA) is 107 Å². The fraction of sp³-hybridized carbons (Fsp3) is 0.435. The van der Waals surface area contributed by atoms with Gasteiger partial charge in [-0.3, -0.25) is 4.79 Å². The second kappa shape index (κ2) is 8.94. The van der Waals surface area contributed by atoms with E-state index in [1.807, 2.05) is 19.0 Å². The molecule has 2 atom stereocenters. The van der Waals surface area contributed by atoms with E-state index < -0.39 is 0 Å². The van der Waals surface area contributed by atoms with Crippen molar-refractivity contribution in [3.8, 4) is 11.5 Å². The van der Waals surface area contributed by atoms with Gasteiger partial charge in [0.15, 0.2) is 17.3 Å². The lowest BCUT2D eigenvalue weighted by Gasteiger charge is -2.42. The van der Waals surface area contributed by atoms with E-state index in [0.29, 0.717) is 39.9 Å². The smallest absolute Gasteiger partial charge is 0.289 e. The van der Waals surface area contributed by atoms with Crippen molar-refractivity contribution in [3.63, 3.8) is 0 Å². The predicted octanol–water partition coefficient (Wildman–Crippen LogP) is 3.34. The summed E-state index contributed by atoms with van der Waals surface area (Å²) in [6, 6.07) is 7.04. The van der Waals surface area contributed by atoms with Crippen molar-refractivity contribution in [2.75, 3.05) is 38.9 Å². The quantitative estimate of drug-likeness (QED) is 0.623. The number of benzene rings is 1. The lowest BCUT2D eigenvalue weighted by Crippen LogP contribution is -2.53. The molecular formula is C23H29N5O4. The maximum atomic E-state index is 12.9. The summed E-state index contributed by atoms with van der Waals surface area (Å²) in [6.07, 6.45) is 5.46. The molecule has 1 saturated carbocycles. The number of hydrogen-bond donors (Lipinski definition) is 1. The van der Waals surface area contributed by atoms with Crippen molar-refractivity contribution in [2.45, 2.75) is 37.8 Å². The largest absolute Gasteiger partial charge is 0.493 e. The highest BCUT2D eigenvalue weighted by Gasteiger charge is 2.35. The van der Waals surface area contributed by atoms with Crippen LogP contribution in [0.5, 0.6) is 11.5 Å². The van der Waals surface area contributed by atoms with Gasteiger partial charge in [-0.25, -0.2) is 4.98 Å². The second-order valence-electron chi connectivity index (χ2n) is 8.06. The summed E-state index contributed by atoms with van der Waals surface area (Å²) in [4.78, 5) is 26.0. The Balaban J connectivity index is 1.66. The molecule has 2 N–H and O–H groups in total. The first-order chi connectivity index (χ1) is 15.4. The van der Waals surface area contributed by atoms with Crippen LogP contribution >= 0.6 is 0 Å². The van der Waals surface area contributed by atoms with Crippen LogP contribution in [0.3, 0.4) is 0 Å². The second-order valence-corrected chi connectivity index (χ2v) is 8.06. The Morgan fingerprint density at radius 3 is 2.44 bits per heavy atom. The first kappa shape index (κ1) is 21.7. The van der Waals surface area contributed by atoms with E-state index in [0.717, 1.165) is 25.7 Å². The van der Waals surface area contributed by atoms with Gasteiger partial charge in [0.1, 0.15) is 5.82 Å². The highest BCUT2D eigenvalue weighted by Crippen LogP contribution is 2.35. The van der Waals surface area contributed by atoms with Gasteiger partial charge in [0.25, 0.3) is 5.91 Å². The molecule has 32 heavy (non-hydrogen) atoms. The minimum atomic E-state index is -0.129. The molecule has 170 valence electrons. The van der Waals surface area contributed by atoms with Gasteiger partial charge in [0, 0.05) is 25.5 Å². The summed E-state index contributed by atoms with van der Waals surface area (Å²) in [7, 11) is 6.94. The van der Waals surface area contributed by atoms with Crippen LogP contribution in [-0.2, 0) is 0 Å². The SMILES string of the molecule is COc1cc2nc(N(C)[C@@H]3CCCC[C@@H]3N(C)C(=O)c3ccco3)nc(N)c2cc1OC. The molecule has 3 aromatic rings. The number of hydrogen-bond acceptors (Lipinski definition) is 8. The molecule has 0 radical (unpaired) electrons. The third kappa shape index (κ3) is 3.90. The molecule has 0 aliphatic heterocycles. The molecule has 0 saturated heterocycles. The Kier molecular flexibility index (Phi) is 6.07. The number of nitrogens with zero attached hydrogens (tertiary/aromatic N) is 4. The molecule has 9 nitrogen and oxygen atoms in total. The van der Waals surface area contributed by atoms with Gasteiger partial charge in [-0.1, -0.05) is 12.8 Å². The Morgan fingerprint density at radius 2 is 1.78 bits per heavy atom. The van der Waals surface area contributed by atoms with Crippen LogP contribution < -0.4 is 20.1 Å². The van der Waals surface area contributed by atoms with Crippen molar-refractivity contribution in [2.24, 2.45) is 0 Å². The van der Waals surface area contributed by atoms with E-state index in [1.165, 1.54) is 6.26 Å². The minimum absolute atomic E-state index is 0.00252. The number of likely N-dealkylation sites (N-methyl/N-ethyl adjacent to an activating group) is 2. The Morgan fingerprint density at radius 1 is 1.09 bits per heavy atom. The maximum absolute atomic E-state index is 12.9. The van der Waals surface area contributed by atoms with Crippen LogP contribution in [0.25, 0.3) is 10.9 Å². The Bertz CT molecular complexity index is 1100. The number of carbonyl (C=O) groups is 1. The number of carbonyl (C=O) groups excluding carboxylic acids is 1. The summed E-state index contributed by atoms with van der Waals surface area (Å²) in [5, 5.41) is 0.699. The highest BCUT2D eigenvalue weighted by molar-refractivity contribution is 5.92. The van der Waals surface area contributed by atoms with Gasteiger partial charge in [0.2, 0.25) is 5.95 Å². The van der Waals surface area contributed by atoms with Crippen LogP contribution in [0, 0.1) is 0 Å². The number of aromatic nitrogens is 2. The minimum Gasteiger partial charge on any atom is -0.493 e. The van der Waals surface area contributed by atoms with Crippen molar-refractivity contribution in [1.29, 1.82) is 0 Å². The lowest BCUT2D eigenvalue weighted by molar-refractivity contribution is 0.0637. The molecule has 1 amide bonds. The van der Waals surface area contributed by atoms with Crippen LogP contribution in [0.1, 0.15) is 36.2 Å². The molecule has 2 aromatic heterocycles. The van der Waals surface area contributed by atoms with Gasteiger partial charge >= 0.3 is 0 Å². The number of anilines is 2. The zero-order valence-electron chi connectivity index (χ0n) is 18.9. The van der Waals surface area contributed by atoms with Crippen molar-refractivity contribution < 1.29 is 18.7 Å². The van der Waals surface area contributed by atoms with Gasteiger partial charge < -0.3 is 29.4 Å². The molecule has 1 fully saturated rings. The van der Waals surface area contributed by atoms with E-state index in [4.69, 9.17) is 24.6 Å². The van der Waals surface area contributed by atoms with Gasteiger partial charge in [-0.2, -0.15) is 4.98 Å². The zero-order valence-corrected chi connectivity index (χ0v) is 18.9. The normalized spacial score (nSPS) is 18.4. The molecule has 9 heteroatoms. The number of fused-ring (bicyclic) bond motifs is 1. The molecule has 4 rings (SSSR count). The Labute approximate surface area is 187 Å². The third-order valence-electron chi connectivity index (χ3n) is 6.28. The van der Waals surface area contributed by atoms with E-state index in [1.54, 1.807) is 43.4 Å². The lowest BCUT2D eigenvalue weighted by atomic mass is 9.88. The highest BCUT2D eigenvalue weighted by atomic mass is 16.5.